The normalized spacial score (nSPS) is 17.2. The molecule has 1 aliphatic heterocycles. The number of hydrogen-bond acceptors (Lipinski definition) is 5. The Kier molecular flexibility index (Phi) is 6.01. The molecule has 0 N–H and O–H groups in total. The second-order valence-corrected chi connectivity index (χ2v) is 7.35. The zero-order valence-corrected chi connectivity index (χ0v) is 17.1. The molecule has 2 aromatic carbocycles. The van der Waals surface area contributed by atoms with E-state index in [4.69, 9.17) is 9.47 Å². The first-order valence-electron chi connectivity index (χ1n) is 9.56. The van der Waals surface area contributed by atoms with E-state index >= 15 is 0 Å². The number of hydrogen-bond donors (Lipinski definition) is 0. The number of amides is 1. The number of anilines is 1. The fourth-order valence-electron chi connectivity index (χ4n) is 3.32. The Labute approximate surface area is 170 Å². The monoisotopic (exact) mass is 395 g/mol. The van der Waals surface area contributed by atoms with Crippen molar-refractivity contribution in [1.29, 1.82) is 0 Å². The summed E-state index contributed by atoms with van der Waals surface area (Å²) in [4.78, 5) is 39.1. The van der Waals surface area contributed by atoms with Gasteiger partial charge in [-0.15, -0.1) is 0 Å². The van der Waals surface area contributed by atoms with Gasteiger partial charge in [0.05, 0.1) is 13.0 Å². The zero-order chi connectivity index (χ0) is 21.1. The summed E-state index contributed by atoms with van der Waals surface area (Å²) in [6.07, 6.45) is -0.850. The van der Waals surface area contributed by atoms with Crippen molar-refractivity contribution in [3.63, 3.8) is 0 Å². The molecule has 1 saturated heterocycles. The molecule has 1 fully saturated rings. The number of Topliss-reactive ketones (excluding diaryl/α,β-unsaturated/α-hetero) is 1. The third-order valence-electron chi connectivity index (χ3n) is 5.30. The Morgan fingerprint density at radius 3 is 2.38 bits per heavy atom. The van der Waals surface area contributed by atoms with Gasteiger partial charge in [0.2, 0.25) is 11.7 Å². The third kappa shape index (κ3) is 4.47. The molecule has 6 nitrogen and oxygen atoms in total. The van der Waals surface area contributed by atoms with Crippen molar-refractivity contribution in [2.45, 2.75) is 33.3 Å². The number of methoxy groups -OCH3 is 1. The number of rotatable bonds is 6. The van der Waals surface area contributed by atoms with Gasteiger partial charge in [-0.3, -0.25) is 14.4 Å². The molecular weight excluding hydrogens is 370 g/mol. The topological polar surface area (TPSA) is 72.9 Å². The number of esters is 1. The molecule has 152 valence electrons. The highest BCUT2D eigenvalue weighted by molar-refractivity contribution is 6.02. The van der Waals surface area contributed by atoms with Gasteiger partial charge in [-0.1, -0.05) is 6.07 Å². The summed E-state index contributed by atoms with van der Waals surface area (Å²) < 4.78 is 10.5. The van der Waals surface area contributed by atoms with Gasteiger partial charge in [0.1, 0.15) is 5.75 Å². The standard InChI is InChI=1S/C23H25NO5/c1-14-5-8-19(11-15(14)2)24-13-18(12-21(24)25)23(27)29-16(3)22(26)17-6-9-20(28-4)10-7-17/h5-11,16,18H,12-13H2,1-4H3/t16-,18-/m0/s1. The molecule has 0 unspecified atom stereocenters. The predicted molar refractivity (Wildman–Crippen MR) is 109 cm³/mol. The molecule has 29 heavy (non-hydrogen) atoms. The highest BCUT2D eigenvalue weighted by Crippen LogP contribution is 2.28. The maximum absolute atomic E-state index is 12.6. The van der Waals surface area contributed by atoms with E-state index < -0.39 is 18.0 Å². The average Bonchev–Trinajstić information content (AvgIpc) is 3.11. The van der Waals surface area contributed by atoms with Gasteiger partial charge in [0.25, 0.3) is 0 Å². The van der Waals surface area contributed by atoms with E-state index in [0.717, 1.165) is 16.8 Å². The fraction of sp³-hybridized carbons (Fsp3) is 0.348. The number of ketones is 1. The lowest BCUT2D eigenvalue weighted by Crippen LogP contribution is -2.30. The van der Waals surface area contributed by atoms with Crippen LogP contribution in [0.2, 0.25) is 0 Å². The Balaban J connectivity index is 1.63. The van der Waals surface area contributed by atoms with E-state index in [2.05, 4.69) is 0 Å². The number of carbonyl (C=O) groups excluding carboxylic acids is 3. The highest BCUT2D eigenvalue weighted by Gasteiger charge is 2.37. The molecule has 3 rings (SSSR count). The fourth-order valence-corrected chi connectivity index (χ4v) is 3.32. The highest BCUT2D eigenvalue weighted by atomic mass is 16.5. The second-order valence-electron chi connectivity index (χ2n) is 7.35. The quantitative estimate of drug-likeness (QED) is 0.553. The maximum atomic E-state index is 12.6. The first-order valence-corrected chi connectivity index (χ1v) is 9.56. The van der Waals surface area contributed by atoms with Crippen LogP contribution in [-0.4, -0.2) is 37.4 Å². The van der Waals surface area contributed by atoms with Crippen LogP contribution in [0.1, 0.15) is 34.8 Å². The maximum Gasteiger partial charge on any atom is 0.312 e. The lowest BCUT2D eigenvalue weighted by Gasteiger charge is -2.18. The van der Waals surface area contributed by atoms with Gasteiger partial charge in [-0.2, -0.15) is 0 Å². The van der Waals surface area contributed by atoms with E-state index in [1.807, 2.05) is 32.0 Å². The average molecular weight is 395 g/mol. The number of carbonyl (C=O) groups is 3. The van der Waals surface area contributed by atoms with Crippen LogP contribution >= 0.6 is 0 Å². The van der Waals surface area contributed by atoms with Crippen molar-refractivity contribution < 1.29 is 23.9 Å². The Bertz CT molecular complexity index is 935. The minimum Gasteiger partial charge on any atom is -0.497 e. The molecule has 6 heteroatoms. The molecular formula is C23H25NO5. The van der Waals surface area contributed by atoms with E-state index in [1.54, 1.807) is 43.2 Å². The molecule has 0 saturated carbocycles. The molecule has 0 bridgehead atoms. The van der Waals surface area contributed by atoms with Gasteiger partial charge in [-0.05, 0) is 68.3 Å². The first kappa shape index (κ1) is 20.6. The molecule has 1 amide bonds. The van der Waals surface area contributed by atoms with Crippen LogP contribution in [0.3, 0.4) is 0 Å². The van der Waals surface area contributed by atoms with Gasteiger partial charge in [-0.25, -0.2) is 0 Å². The van der Waals surface area contributed by atoms with Gasteiger partial charge in [0.15, 0.2) is 6.10 Å². The van der Waals surface area contributed by atoms with Crippen LogP contribution < -0.4 is 9.64 Å². The molecule has 2 atom stereocenters. The first-order chi connectivity index (χ1) is 13.8. The van der Waals surface area contributed by atoms with E-state index in [9.17, 15) is 14.4 Å². The minimum atomic E-state index is -0.929. The Hall–Kier alpha value is -3.15. The van der Waals surface area contributed by atoms with Crippen molar-refractivity contribution in [3.05, 3.63) is 59.2 Å². The van der Waals surface area contributed by atoms with Crippen LogP contribution in [-0.2, 0) is 14.3 Å². The summed E-state index contributed by atoms with van der Waals surface area (Å²) in [6.45, 7) is 5.79. The van der Waals surface area contributed by atoms with Gasteiger partial charge >= 0.3 is 5.97 Å². The smallest absolute Gasteiger partial charge is 0.312 e. The lowest BCUT2D eigenvalue weighted by atomic mass is 10.1. The number of nitrogens with zero attached hydrogens (tertiary/aromatic N) is 1. The zero-order valence-electron chi connectivity index (χ0n) is 17.1. The summed E-state index contributed by atoms with van der Waals surface area (Å²) in [5.74, 6) is -0.892. The summed E-state index contributed by atoms with van der Waals surface area (Å²) in [5, 5.41) is 0. The lowest BCUT2D eigenvalue weighted by molar-refractivity contribution is -0.151. The molecule has 0 radical (unpaired) electrons. The van der Waals surface area contributed by atoms with Crippen LogP contribution in [0.15, 0.2) is 42.5 Å². The molecule has 0 spiro atoms. The predicted octanol–water partition coefficient (Wildman–Crippen LogP) is 3.48. The van der Waals surface area contributed by atoms with Crippen molar-refractivity contribution in [3.8, 4) is 5.75 Å². The SMILES string of the molecule is COc1ccc(C(=O)[C@H](C)OC(=O)[C@H]2CC(=O)N(c3ccc(C)c(C)c3)C2)cc1. The molecule has 0 aliphatic carbocycles. The second kappa shape index (κ2) is 8.47. The Morgan fingerprint density at radius 2 is 1.76 bits per heavy atom. The summed E-state index contributed by atoms with van der Waals surface area (Å²) in [7, 11) is 1.55. The van der Waals surface area contributed by atoms with E-state index in [-0.39, 0.29) is 24.7 Å². The molecule has 0 aromatic heterocycles. The number of aryl methyl sites for hydroxylation is 2. The van der Waals surface area contributed by atoms with Gasteiger partial charge < -0.3 is 14.4 Å². The van der Waals surface area contributed by atoms with Crippen LogP contribution in [0.4, 0.5) is 5.69 Å². The van der Waals surface area contributed by atoms with E-state index in [1.165, 1.54) is 0 Å². The summed E-state index contributed by atoms with van der Waals surface area (Å²) in [6, 6.07) is 12.4. The van der Waals surface area contributed by atoms with E-state index in [0.29, 0.717) is 11.3 Å². The number of ether oxygens (including phenoxy) is 2. The minimum absolute atomic E-state index is 0.0786. The Morgan fingerprint density at radius 1 is 1.07 bits per heavy atom. The van der Waals surface area contributed by atoms with Crippen LogP contribution in [0.5, 0.6) is 5.75 Å². The third-order valence-corrected chi connectivity index (χ3v) is 5.30. The van der Waals surface area contributed by atoms with Crippen molar-refractivity contribution in [1.82, 2.24) is 0 Å². The summed E-state index contributed by atoms with van der Waals surface area (Å²) >= 11 is 0. The van der Waals surface area contributed by atoms with Crippen molar-refractivity contribution >= 4 is 23.3 Å². The largest absolute Gasteiger partial charge is 0.497 e. The number of benzene rings is 2. The van der Waals surface area contributed by atoms with Gasteiger partial charge in [0, 0.05) is 24.2 Å². The van der Waals surface area contributed by atoms with Crippen LogP contribution in [0.25, 0.3) is 0 Å². The van der Waals surface area contributed by atoms with Crippen molar-refractivity contribution in [2.24, 2.45) is 5.92 Å². The summed E-state index contributed by atoms with van der Waals surface area (Å²) in [5.41, 5.74) is 3.43. The van der Waals surface area contributed by atoms with Crippen molar-refractivity contribution in [2.75, 3.05) is 18.6 Å². The molecule has 2 aromatic rings. The van der Waals surface area contributed by atoms with Crippen LogP contribution in [0, 0.1) is 19.8 Å². The molecule has 1 heterocycles. The molecule has 1 aliphatic rings.